The molecule has 0 aliphatic carbocycles. The summed E-state index contributed by atoms with van der Waals surface area (Å²) in [6.07, 6.45) is 2.52. The highest BCUT2D eigenvalue weighted by Gasteiger charge is 2.15. The lowest BCUT2D eigenvalue weighted by Gasteiger charge is -2.11. The number of aryl methyl sites for hydroxylation is 2. The number of rotatable bonds is 7. The number of carbonyl (C=O) groups is 2. The van der Waals surface area contributed by atoms with Gasteiger partial charge in [0.1, 0.15) is 5.03 Å². The predicted octanol–water partition coefficient (Wildman–Crippen LogP) is 3.11. The molecular formula is C19H23N3O2S. The smallest absolute Gasteiger partial charge is 0.254 e. The molecule has 0 aliphatic heterocycles. The van der Waals surface area contributed by atoms with E-state index in [1.165, 1.54) is 17.3 Å². The van der Waals surface area contributed by atoms with Crippen LogP contribution in [0.1, 0.15) is 34.8 Å². The highest BCUT2D eigenvalue weighted by atomic mass is 32.2. The highest BCUT2D eigenvalue weighted by molar-refractivity contribution is 7.99. The number of hydrogen-bond donors (Lipinski definition) is 2. The topological polar surface area (TPSA) is 71.1 Å². The number of nitrogens with zero attached hydrogens (tertiary/aromatic N) is 1. The first kappa shape index (κ1) is 19.0. The molecule has 0 radical (unpaired) electrons. The fourth-order valence-corrected chi connectivity index (χ4v) is 3.19. The second kappa shape index (κ2) is 9.22. The minimum absolute atomic E-state index is 0.0403. The van der Waals surface area contributed by atoms with Crippen molar-refractivity contribution in [2.45, 2.75) is 37.1 Å². The van der Waals surface area contributed by atoms with Crippen molar-refractivity contribution in [3.8, 4) is 0 Å². The molecule has 132 valence electrons. The van der Waals surface area contributed by atoms with Crippen LogP contribution in [0.2, 0.25) is 0 Å². The van der Waals surface area contributed by atoms with Gasteiger partial charge in [-0.25, -0.2) is 4.98 Å². The van der Waals surface area contributed by atoms with Crippen LogP contribution < -0.4 is 10.6 Å². The average Bonchev–Trinajstić information content (AvgIpc) is 2.60. The van der Waals surface area contributed by atoms with Gasteiger partial charge in [-0.15, -0.1) is 0 Å². The lowest BCUT2D eigenvalue weighted by molar-refractivity contribution is -0.120. The monoisotopic (exact) mass is 357 g/mol. The predicted molar refractivity (Wildman–Crippen MR) is 99.9 cm³/mol. The second-order valence-corrected chi connectivity index (χ2v) is 6.79. The Morgan fingerprint density at radius 2 is 1.96 bits per heavy atom. The van der Waals surface area contributed by atoms with E-state index < -0.39 is 0 Å². The molecule has 0 aliphatic rings. The van der Waals surface area contributed by atoms with Crippen LogP contribution in [0.4, 0.5) is 0 Å². The molecule has 2 amide bonds. The fraction of sp³-hybridized carbons (Fsp3) is 0.316. The third-order valence-corrected chi connectivity index (χ3v) is 4.73. The van der Waals surface area contributed by atoms with Crippen molar-refractivity contribution in [3.05, 3.63) is 53.2 Å². The first-order valence-electron chi connectivity index (χ1n) is 8.26. The Kier molecular flexibility index (Phi) is 7.01. The average molecular weight is 357 g/mol. The molecule has 0 fully saturated rings. The van der Waals surface area contributed by atoms with Crippen LogP contribution in [0.3, 0.4) is 0 Å². The maximum atomic E-state index is 12.4. The van der Waals surface area contributed by atoms with E-state index in [0.29, 0.717) is 17.1 Å². The van der Waals surface area contributed by atoms with Crippen molar-refractivity contribution in [1.82, 2.24) is 15.6 Å². The van der Waals surface area contributed by atoms with Gasteiger partial charge in [0.25, 0.3) is 5.91 Å². The summed E-state index contributed by atoms with van der Waals surface area (Å²) < 4.78 is 0. The van der Waals surface area contributed by atoms with E-state index in [2.05, 4.69) is 21.7 Å². The summed E-state index contributed by atoms with van der Waals surface area (Å²) in [5, 5.41) is 6.01. The molecule has 6 heteroatoms. The van der Waals surface area contributed by atoms with Crippen molar-refractivity contribution in [3.63, 3.8) is 0 Å². The molecule has 2 aromatic rings. The van der Waals surface area contributed by atoms with Crippen molar-refractivity contribution >= 4 is 23.6 Å². The van der Waals surface area contributed by atoms with Gasteiger partial charge in [0.05, 0.1) is 12.1 Å². The number of aromatic nitrogens is 1. The molecule has 2 N–H and O–H groups in total. The van der Waals surface area contributed by atoms with Crippen molar-refractivity contribution < 1.29 is 9.59 Å². The quantitative estimate of drug-likeness (QED) is 0.799. The molecule has 5 nitrogen and oxygen atoms in total. The SMILES string of the molecule is CCCNC(=O)CNC(=O)c1cccnc1Sc1ccc(C)cc1C. The first-order valence-corrected chi connectivity index (χ1v) is 9.08. The van der Waals surface area contributed by atoms with E-state index in [4.69, 9.17) is 0 Å². The maximum Gasteiger partial charge on any atom is 0.254 e. The number of pyridine rings is 1. The van der Waals surface area contributed by atoms with Gasteiger partial charge < -0.3 is 10.6 Å². The molecule has 1 aromatic carbocycles. The van der Waals surface area contributed by atoms with Gasteiger partial charge in [0, 0.05) is 17.6 Å². The molecule has 0 spiro atoms. The zero-order chi connectivity index (χ0) is 18.2. The van der Waals surface area contributed by atoms with Gasteiger partial charge in [-0.05, 0) is 44.0 Å². The summed E-state index contributed by atoms with van der Waals surface area (Å²) in [6, 6.07) is 9.61. The third-order valence-electron chi connectivity index (χ3n) is 3.53. The molecule has 2 rings (SSSR count). The summed E-state index contributed by atoms with van der Waals surface area (Å²) >= 11 is 1.45. The van der Waals surface area contributed by atoms with Crippen molar-refractivity contribution in [2.75, 3.05) is 13.1 Å². The molecule has 1 heterocycles. The van der Waals surface area contributed by atoms with Crippen molar-refractivity contribution in [1.29, 1.82) is 0 Å². The van der Waals surface area contributed by atoms with Gasteiger partial charge in [-0.1, -0.05) is 36.4 Å². The van der Waals surface area contributed by atoms with Crippen LogP contribution in [-0.4, -0.2) is 29.9 Å². The summed E-state index contributed by atoms with van der Waals surface area (Å²) in [7, 11) is 0. The van der Waals surface area contributed by atoms with Crippen molar-refractivity contribution in [2.24, 2.45) is 0 Å². The van der Waals surface area contributed by atoms with E-state index in [9.17, 15) is 9.59 Å². The number of nitrogens with one attached hydrogen (secondary N) is 2. The van der Waals surface area contributed by atoms with E-state index in [-0.39, 0.29) is 18.4 Å². The molecule has 0 unspecified atom stereocenters. The zero-order valence-electron chi connectivity index (χ0n) is 14.8. The molecule has 0 atom stereocenters. The Hall–Kier alpha value is -2.34. The Labute approximate surface area is 152 Å². The largest absolute Gasteiger partial charge is 0.355 e. The Morgan fingerprint density at radius 3 is 2.68 bits per heavy atom. The maximum absolute atomic E-state index is 12.4. The number of amides is 2. The Morgan fingerprint density at radius 1 is 1.16 bits per heavy atom. The fourth-order valence-electron chi connectivity index (χ4n) is 2.25. The van der Waals surface area contributed by atoms with Crippen LogP contribution in [0, 0.1) is 13.8 Å². The lowest BCUT2D eigenvalue weighted by atomic mass is 10.2. The number of carbonyl (C=O) groups excluding carboxylic acids is 2. The minimum atomic E-state index is -0.299. The third kappa shape index (κ3) is 5.60. The van der Waals surface area contributed by atoms with E-state index in [1.54, 1.807) is 18.3 Å². The lowest BCUT2D eigenvalue weighted by Crippen LogP contribution is -2.37. The van der Waals surface area contributed by atoms with E-state index in [0.717, 1.165) is 16.9 Å². The van der Waals surface area contributed by atoms with Gasteiger partial charge in [-0.3, -0.25) is 9.59 Å². The van der Waals surface area contributed by atoms with E-state index in [1.807, 2.05) is 32.9 Å². The van der Waals surface area contributed by atoms with Gasteiger partial charge in [0.15, 0.2) is 0 Å². The summed E-state index contributed by atoms with van der Waals surface area (Å²) in [4.78, 5) is 29.5. The normalized spacial score (nSPS) is 10.4. The molecule has 0 saturated heterocycles. The molecular weight excluding hydrogens is 334 g/mol. The Bertz CT molecular complexity index is 762. The number of benzene rings is 1. The summed E-state index contributed by atoms with van der Waals surface area (Å²) in [5.74, 6) is -0.491. The standard InChI is InChI=1S/C19H23N3O2S/c1-4-9-20-17(23)12-22-18(24)15-6-5-10-21-19(15)25-16-8-7-13(2)11-14(16)3/h5-8,10-11H,4,9,12H2,1-3H3,(H,20,23)(H,22,24). The minimum Gasteiger partial charge on any atom is -0.355 e. The van der Waals surface area contributed by atoms with Crippen LogP contribution in [0.25, 0.3) is 0 Å². The van der Waals surface area contributed by atoms with Crippen LogP contribution in [-0.2, 0) is 4.79 Å². The van der Waals surface area contributed by atoms with Crippen LogP contribution in [0.15, 0.2) is 46.5 Å². The number of hydrogen-bond acceptors (Lipinski definition) is 4. The molecule has 1 aromatic heterocycles. The van der Waals surface area contributed by atoms with Crippen LogP contribution in [0.5, 0.6) is 0 Å². The first-order chi connectivity index (χ1) is 12.0. The zero-order valence-corrected chi connectivity index (χ0v) is 15.6. The van der Waals surface area contributed by atoms with Gasteiger partial charge in [-0.2, -0.15) is 0 Å². The molecule has 0 bridgehead atoms. The molecule has 25 heavy (non-hydrogen) atoms. The summed E-state index contributed by atoms with van der Waals surface area (Å²) in [6.45, 7) is 6.63. The summed E-state index contributed by atoms with van der Waals surface area (Å²) in [5.41, 5.74) is 2.80. The van der Waals surface area contributed by atoms with Gasteiger partial charge in [0.2, 0.25) is 5.91 Å². The molecule has 0 saturated carbocycles. The van der Waals surface area contributed by atoms with E-state index >= 15 is 0 Å². The van der Waals surface area contributed by atoms with Gasteiger partial charge >= 0.3 is 0 Å². The Balaban J connectivity index is 2.09. The second-order valence-electron chi connectivity index (χ2n) is 5.76. The van der Waals surface area contributed by atoms with Crippen LogP contribution >= 0.6 is 11.8 Å². The highest BCUT2D eigenvalue weighted by Crippen LogP contribution is 2.31.